The Morgan fingerprint density at radius 3 is 2.76 bits per heavy atom. The summed E-state index contributed by atoms with van der Waals surface area (Å²) in [7, 11) is -3.39. The van der Waals surface area contributed by atoms with Gasteiger partial charge in [0.1, 0.15) is 0 Å². The maximum Gasteiger partial charge on any atom is 0.243 e. The van der Waals surface area contributed by atoms with Crippen molar-refractivity contribution in [3.05, 3.63) is 29.8 Å². The summed E-state index contributed by atoms with van der Waals surface area (Å²) >= 11 is 0. The molecule has 1 aliphatic carbocycles. The van der Waals surface area contributed by atoms with E-state index in [1.807, 2.05) is 13.0 Å². The summed E-state index contributed by atoms with van der Waals surface area (Å²) in [6.45, 7) is 2.54. The van der Waals surface area contributed by atoms with E-state index in [9.17, 15) is 8.42 Å². The fourth-order valence-corrected chi connectivity index (χ4v) is 5.54. The van der Waals surface area contributed by atoms with Crippen LogP contribution in [0.4, 0.5) is 0 Å². The Kier molecular flexibility index (Phi) is 4.08. The highest BCUT2D eigenvalue weighted by atomic mass is 32.2. The molecule has 21 heavy (non-hydrogen) atoms. The average Bonchev–Trinajstić information content (AvgIpc) is 2.92. The molecule has 4 nitrogen and oxygen atoms in total. The maximum absolute atomic E-state index is 12.9. The lowest BCUT2D eigenvalue weighted by Crippen LogP contribution is -2.39. The first-order valence-corrected chi connectivity index (χ1v) is 9.31. The van der Waals surface area contributed by atoms with Gasteiger partial charge in [0.05, 0.1) is 4.90 Å². The van der Waals surface area contributed by atoms with Gasteiger partial charge < -0.3 is 5.73 Å². The molecule has 2 fully saturated rings. The van der Waals surface area contributed by atoms with Gasteiger partial charge in [0, 0.05) is 18.6 Å². The lowest BCUT2D eigenvalue weighted by molar-refractivity contribution is 0.260. The van der Waals surface area contributed by atoms with E-state index >= 15 is 0 Å². The van der Waals surface area contributed by atoms with Crippen molar-refractivity contribution in [1.29, 1.82) is 0 Å². The van der Waals surface area contributed by atoms with Gasteiger partial charge in [0.25, 0.3) is 0 Å². The predicted molar refractivity (Wildman–Crippen MR) is 83.3 cm³/mol. The monoisotopic (exact) mass is 308 g/mol. The van der Waals surface area contributed by atoms with Crippen LogP contribution in [0.3, 0.4) is 0 Å². The van der Waals surface area contributed by atoms with Gasteiger partial charge in [0.15, 0.2) is 0 Å². The minimum absolute atomic E-state index is 0.152. The normalized spacial score (nSPS) is 28.3. The molecule has 3 rings (SSSR count). The summed E-state index contributed by atoms with van der Waals surface area (Å²) in [5.74, 6) is 0.560. The quantitative estimate of drug-likeness (QED) is 0.933. The second-order valence-electron chi connectivity index (χ2n) is 6.38. The van der Waals surface area contributed by atoms with Crippen molar-refractivity contribution in [1.82, 2.24) is 4.31 Å². The molecule has 1 aromatic rings. The SMILES string of the molecule is CC(N)c1cccc(S(=O)(=O)N2CCC3CCCCC32)c1. The molecular formula is C16H24N2O2S. The van der Waals surface area contributed by atoms with E-state index < -0.39 is 10.0 Å². The maximum atomic E-state index is 12.9. The molecule has 0 bridgehead atoms. The standard InChI is InChI=1S/C16H24N2O2S/c1-12(17)14-6-4-7-15(11-14)21(19,20)18-10-9-13-5-2-3-8-16(13)18/h4,6-7,11-13,16H,2-3,5,8-10,17H2,1H3. The molecule has 2 N–H and O–H groups in total. The zero-order chi connectivity index (χ0) is 15.0. The number of nitrogens with zero attached hydrogens (tertiary/aromatic N) is 1. The summed E-state index contributed by atoms with van der Waals surface area (Å²) in [5.41, 5.74) is 6.75. The van der Waals surface area contributed by atoms with Crippen LogP contribution < -0.4 is 5.73 Å². The van der Waals surface area contributed by atoms with Crippen LogP contribution >= 0.6 is 0 Å². The van der Waals surface area contributed by atoms with Crippen LogP contribution in [-0.4, -0.2) is 25.3 Å². The van der Waals surface area contributed by atoms with E-state index in [0.29, 0.717) is 17.4 Å². The lowest BCUT2D eigenvalue weighted by Gasteiger charge is -2.31. The lowest BCUT2D eigenvalue weighted by atomic mass is 9.86. The fourth-order valence-electron chi connectivity index (χ4n) is 3.75. The summed E-state index contributed by atoms with van der Waals surface area (Å²) in [5, 5.41) is 0. The smallest absolute Gasteiger partial charge is 0.243 e. The van der Waals surface area contributed by atoms with Gasteiger partial charge >= 0.3 is 0 Å². The Morgan fingerprint density at radius 1 is 1.24 bits per heavy atom. The highest BCUT2D eigenvalue weighted by molar-refractivity contribution is 7.89. The number of benzene rings is 1. The van der Waals surface area contributed by atoms with Crippen molar-refractivity contribution in [2.45, 2.75) is 56.0 Å². The molecule has 2 aliphatic rings. The first-order valence-electron chi connectivity index (χ1n) is 7.87. The van der Waals surface area contributed by atoms with Crippen molar-refractivity contribution in [2.24, 2.45) is 11.7 Å². The third kappa shape index (κ3) is 2.74. The molecule has 5 heteroatoms. The zero-order valence-electron chi connectivity index (χ0n) is 12.5. The predicted octanol–water partition coefficient (Wildman–Crippen LogP) is 2.66. The highest BCUT2D eigenvalue weighted by Crippen LogP contribution is 2.39. The fraction of sp³-hybridized carbons (Fsp3) is 0.625. The van der Waals surface area contributed by atoms with E-state index in [1.165, 1.54) is 12.8 Å². The Labute approximate surface area is 127 Å². The number of nitrogens with two attached hydrogens (primary N) is 1. The van der Waals surface area contributed by atoms with E-state index in [-0.39, 0.29) is 12.1 Å². The topological polar surface area (TPSA) is 63.4 Å². The number of rotatable bonds is 3. The molecule has 3 unspecified atom stereocenters. The number of fused-ring (bicyclic) bond motifs is 1. The van der Waals surface area contributed by atoms with Crippen LogP contribution in [0.1, 0.15) is 50.6 Å². The molecule has 1 saturated heterocycles. The van der Waals surface area contributed by atoms with Gasteiger partial charge in [-0.1, -0.05) is 25.0 Å². The minimum Gasteiger partial charge on any atom is -0.324 e. The van der Waals surface area contributed by atoms with Crippen LogP contribution in [0.25, 0.3) is 0 Å². The van der Waals surface area contributed by atoms with Crippen LogP contribution in [-0.2, 0) is 10.0 Å². The third-order valence-corrected chi connectivity index (χ3v) is 6.87. The third-order valence-electron chi connectivity index (χ3n) is 4.95. The number of hydrogen-bond donors (Lipinski definition) is 1. The molecule has 0 radical (unpaired) electrons. The van der Waals surface area contributed by atoms with Crippen molar-refractivity contribution >= 4 is 10.0 Å². The summed E-state index contributed by atoms with van der Waals surface area (Å²) in [6.07, 6.45) is 5.59. The van der Waals surface area contributed by atoms with Gasteiger partial charge in [-0.15, -0.1) is 0 Å². The van der Waals surface area contributed by atoms with Crippen molar-refractivity contribution in [3.8, 4) is 0 Å². The van der Waals surface area contributed by atoms with Gasteiger partial charge in [-0.2, -0.15) is 4.31 Å². The molecule has 3 atom stereocenters. The van der Waals surface area contributed by atoms with E-state index in [2.05, 4.69) is 0 Å². The Balaban J connectivity index is 1.91. The minimum atomic E-state index is -3.39. The molecule has 1 saturated carbocycles. The zero-order valence-corrected chi connectivity index (χ0v) is 13.3. The van der Waals surface area contributed by atoms with Crippen LogP contribution in [0.15, 0.2) is 29.2 Å². The number of sulfonamides is 1. The van der Waals surface area contributed by atoms with E-state index in [1.54, 1.807) is 22.5 Å². The molecule has 116 valence electrons. The Bertz CT molecular complexity index is 612. The van der Waals surface area contributed by atoms with Crippen molar-refractivity contribution in [3.63, 3.8) is 0 Å². The van der Waals surface area contributed by atoms with Gasteiger partial charge in [-0.25, -0.2) is 8.42 Å². The van der Waals surface area contributed by atoms with Gasteiger partial charge in [-0.3, -0.25) is 0 Å². The average molecular weight is 308 g/mol. The molecule has 1 heterocycles. The van der Waals surface area contributed by atoms with Gasteiger partial charge in [0.2, 0.25) is 10.0 Å². The van der Waals surface area contributed by atoms with E-state index in [0.717, 1.165) is 24.8 Å². The summed E-state index contributed by atoms with van der Waals surface area (Å²) in [4.78, 5) is 0.392. The molecule has 0 aromatic heterocycles. The Morgan fingerprint density at radius 2 is 2.00 bits per heavy atom. The Hall–Kier alpha value is -0.910. The molecule has 0 amide bonds. The second-order valence-corrected chi connectivity index (χ2v) is 8.27. The second kappa shape index (κ2) is 5.71. The highest BCUT2D eigenvalue weighted by Gasteiger charge is 2.42. The first kappa shape index (κ1) is 15.0. The van der Waals surface area contributed by atoms with Crippen LogP contribution in [0.2, 0.25) is 0 Å². The van der Waals surface area contributed by atoms with Crippen LogP contribution in [0.5, 0.6) is 0 Å². The first-order chi connectivity index (χ1) is 10.00. The largest absolute Gasteiger partial charge is 0.324 e. The summed E-state index contributed by atoms with van der Waals surface area (Å²) < 4.78 is 27.6. The number of hydrogen-bond acceptors (Lipinski definition) is 3. The van der Waals surface area contributed by atoms with Crippen LogP contribution in [0, 0.1) is 5.92 Å². The van der Waals surface area contributed by atoms with Crippen molar-refractivity contribution < 1.29 is 8.42 Å². The molecular weight excluding hydrogens is 284 g/mol. The summed E-state index contributed by atoms with van der Waals surface area (Å²) in [6, 6.07) is 7.16. The van der Waals surface area contributed by atoms with E-state index in [4.69, 9.17) is 5.73 Å². The van der Waals surface area contributed by atoms with Crippen molar-refractivity contribution in [2.75, 3.05) is 6.54 Å². The molecule has 1 aromatic carbocycles. The van der Waals surface area contributed by atoms with Gasteiger partial charge in [-0.05, 0) is 49.8 Å². The molecule has 0 spiro atoms. The molecule has 1 aliphatic heterocycles.